The molecule has 0 saturated heterocycles. The molecule has 4 rings (SSSR count). The molecule has 3 N–H and O–H groups in total. The minimum Gasteiger partial charge on any atom is -0.419 e. The van der Waals surface area contributed by atoms with E-state index in [1.54, 1.807) is 38.1 Å². The van der Waals surface area contributed by atoms with Crippen LogP contribution in [0.25, 0.3) is 11.5 Å². The largest absolute Gasteiger partial charge is 0.419 e. The zero-order valence-electron chi connectivity index (χ0n) is 19.6. The molecule has 0 aliphatic carbocycles. The van der Waals surface area contributed by atoms with Crippen LogP contribution in [0.5, 0.6) is 0 Å². The SMILES string of the molecule is CNC(=O)C(C)(C)c1nnc(-c2cc3c(cc2F)S(=O)(=O)C[C@H](N)C(=O)N3Cc2ccc(Cl)cc2)o1. The van der Waals surface area contributed by atoms with Gasteiger partial charge in [-0.2, -0.15) is 0 Å². The molecule has 1 aromatic heterocycles. The lowest BCUT2D eigenvalue weighted by atomic mass is 9.92. The van der Waals surface area contributed by atoms with Crippen molar-refractivity contribution >= 4 is 38.9 Å². The average molecular weight is 536 g/mol. The Bertz CT molecular complexity index is 1460. The third-order valence-corrected chi connectivity index (χ3v) is 7.94. The highest BCUT2D eigenvalue weighted by Gasteiger charge is 2.39. The Kier molecular flexibility index (Phi) is 6.62. The van der Waals surface area contributed by atoms with E-state index in [0.717, 1.165) is 12.1 Å². The molecule has 1 aliphatic heterocycles. The van der Waals surface area contributed by atoms with E-state index in [9.17, 15) is 18.0 Å². The van der Waals surface area contributed by atoms with Gasteiger partial charge in [-0.15, -0.1) is 10.2 Å². The molecule has 36 heavy (non-hydrogen) atoms. The average Bonchev–Trinajstić information content (AvgIpc) is 3.31. The van der Waals surface area contributed by atoms with Gasteiger partial charge in [0.2, 0.25) is 17.7 Å². The Morgan fingerprint density at radius 3 is 2.58 bits per heavy atom. The molecular formula is C23H23ClFN5O5S. The van der Waals surface area contributed by atoms with Gasteiger partial charge in [-0.3, -0.25) is 9.59 Å². The second-order valence-electron chi connectivity index (χ2n) is 8.86. The van der Waals surface area contributed by atoms with Crippen molar-refractivity contribution in [3.05, 3.63) is 58.7 Å². The lowest BCUT2D eigenvalue weighted by molar-refractivity contribution is -0.125. The summed E-state index contributed by atoms with van der Waals surface area (Å²) in [5.74, 6) is -3.06. The molecule has 2 amide bonds. The van der Waals surface area contributed by atoms with Gasteiger partial charge in [-0.05, 0) is 43.7 Å². The van der Waals surface area contributed by atoms with Gasteiger partial charge in [0.05, 0.1) is 34.5 Å². The van der Waals surface area contributed by atoms with Crippen molar-refractivity contribution < 1.29 is 26.8 Å². The first-order valence-electron chi connectivity index (χ1n) is 10.8. The summed E-state index contributed by atoms with van der Waals surface area (Å²) in [6, 6.07) is 7.23. The summed E-state index contributed by atoms with van der Waals surface area (Å²) in [5, 5.41) is 10.7. The number of benzene rings is 2. The summed E-state index contributed by atoms with van der Waals surface area (Å²) in [6.45, 7) is 3.06. The number of fused-ring (bicyclic) bond motifs is 1. The Hall–Kier alpha value is -3.35. The molecular weight excluding hydrogens is 513 g/mol. The van der Waals surface area contributed by atoms with Crippen LogP contribution in [0.4, 0.5) is 10.1 Å². The minimum atomic E-state index is -4.11. The molecule has 2 heterocycles. The summed E-state index contributed by atoms with van der Waals surface area (Å²) in [5.41, 5.74) is 5.03. The van der Waals surface area contributed by atoms with Crippen LogP contribution in [0.15, 0.2) is 45.7 Å². The zero-order chi connectivity index (χ0) is 26.4. The number of hydrogen-bond donors (Lipinski definition) is 2. The van der Waals surface area contributed by atoms with Gasteiger partial charge in [-0.25, -0.2) is 12.8 Å². The number of halogens is 2. The van der Waals surface area contributed by atoms with E-state index in [-0.39, 0.29) is 34.5 Å². The number of carbonyl (C=O) groups is 2. The second kappa shape index (κ2) is 9.26. The lowest BCUT2D eigenvalue weighted by Crippen LogP contribution is -2.45. The molecule has 0 spiro atoms. The normalized spacial score (nSPS) is 17.4. The maximum absolute atomic E-state index is 15.2. The van der Waals surface area contributed by atoms with Crippen LogP contribution in [0, 0.1) is 5.82 Å². The van der Waals surface area contributed by atoms with Gasteiger partial charge in [-0.1, -0.05) is 23.7 Å². The number of anilines is 1. The number of nitrogens with one attached hydrogen (secondary N) is 1. The van der Waals surface area contributed by atoms with Crippen molar-refractivity contribution in [2.75, 3.05) is 17.7 Å². The van der Waals surface area contributed by atoms with Crippen molar-refractivity contribution in [1.29, 1.82) is 0 Å². The number of aromatic nitrogens is 2. The Balaban J connectivity index is 1.87. The summed E-state index contributed by atoms with van der Waals surface area (Å²) in [6.07, 6.45) is 0. The number of hydrogen-bond acceptors (Lipinski definition) is 8. The van der Waals surface area contributed by atoms with Crippen LogP contribution in [-0.4, -0.2) is 49.3 Å². The van der Waals surface area contributed by atoms with E-state index in [4.69, 9.17) is 21.8 Å². The van der Waals surface area contributed by atoms with Crippen LogP contribution in [-0.2, 0) is 31.4 Å². The van der Waals surface area contributed by atoms with E-state index in [1.165, 1.54) is 11.9 Å². The predicted octanol–water partition coefficient (Wildman–Crippen LogP) is 2.20. The van der Waals surface area contributed by atoms with Gasteiger partial charge in [0, 0.05) is 12.1 Å². The monoisotopic (exact) mass is 535 g/mol. The van der Waals surface area contributed by atoms with Crippen molar-refractivity contribution in [3.8, 4) is 11.5 Å². The molecule has 1 atom stereocenters. The Morgan fingerprint density at radius 1 is 1.28 bits per heavy atom. The van der Waals surface area contributed by atoms with Gasteiger partial charge in [0.25, 0.3) is 5.89 Å². The first kappa shape index (κ1) is 25.7. The highest BCUT2D eigenvalue weighted by Crippen LogP contribution is 2.37. The van der Waals surface area contributed by atoms with E-state index < -0.39 is 44.7 Å². The summed E-state index contributed by atoms with van der Waals surface area (Å²) >= 11 is 5.95. The van der Waals surface area contributed by atoms with E-state index in [0.29, 0.717) is 10.6 Å². The number of sulfone groups is 1. The highest BCUT2D eigenvalue weighted by molar-refractivity contribution is 7.91. The fourth-order valence-electron chi connectivity index (χ4n) is 3.81. The molecule has 13 heteroatoms. The number of rotatable bonds is 5. The Morgan fingerprint density at radius 2 is 1.94 bits per heavy atom. The maximum Gasteiger partial charge on any atom is 0.250 e. The van der Waals surface area contributed by atoms with Crippen LogP contribution in [0.2, 0.25) is 5.02 Å². The van der Waals surface area contributed by atoms with Crippen LogP contribution in [0.1, 0.15) is 25.3 Å². The number of nitrogens with two attached hydrogens (primary N) is 1. The third kappa shape index (κ3) is 4.59. The fourth-order valence-corrected chi connectivity index (χ4v) is 5.51. The van der Waals surface area contributed by atoms with Gasteiger partial charge >= 0.3 is 0 Å². The number of likely N-dealkylation sites (N-methyl/N-ethyl adjacent to an activating group) is 1. The topological polar surface area (TPSA) is 148 Å². The van der Waals surface area contributed by atoms with Crippen LogP contribution >= 0.6 is 11.6 Å². The van der Waals surface area contributed by atoms with Gasteiger partial charge in [0.1, 0.15) is 11.2 Å². The number of carbonyl (C=O) groups excluding carboxylic acids is 2. The molecule has 0 fully saturated rings. The molecule has 3 aromatic rings. The van der Waals surface area contributed by atoms with Crippen LogP contribution < -0.4 is 16.0 Å². The van der Waals surface area contributed by atoms with Crippen molar-refractivity contribution in [3.63, 3.8) is 0 Å². The molecule has 10 nitrogen and oxygen atoms in total. The maximum atomic E-state index is 15.2. The van der Waals surface area contributed by atoms with E-state index in [1.807, 2.05) is 0 Å². The third-order valence-electron chi connectivity index (χ3n) is 5.90. The smallest absolute Gasteiger partial charge is 0.250 e. The van der Waals surface area contributed by atoms with E-state index >= 15 is 4.39 Å². The Labute approximate surface area is 211 Å². The summed E-state index contributed by atoms with van der Waals surface area (Å²) < 4.78 is 46.8. The van der Waals surface area contributed by atoms with Crippen molar-refractivity contribution in [2.45, 2.75) is 36.7 Å². The van der Waals surface area contributed by atoms with Gasteiger partial charge in [0.15, 0.2) is 9.84 Å². The molecule has 190 valence electrons. The summed E-state index contributed by atoms with van der Waals surface area (Å²) in [7, 11) is -2.67. The van der Waals surface area contributed by atoms with Crippen molar-refractivity contribution in [1.82, 2.24) is 15.5 Å². The standard InChI is InChI=1S/C23H23ClFN5O5S/c1-23(2,21(32)27-3)22-29-28-19(35-22)14-8-17-18(9-15(14)25)36(33,34)11-16(26)20(31)30(17)10-12-4-6-13(24)7-5-12/h4-9,16H,10-11,26H2,1-3H3,(H,27,32)/t16-/m0/s1. The minimum absolute atomic E-state index is 0.0456. The zero-order valence-corrected chi connectivity index (χ0v) is 21.2. The first-order chi connectivity index (χ1) is 16.8. The van der Waals surface area contributed by atoms with Gasteiger partial charge < -0.3 is 20.4 Å². The van der Waals surface area contributed by atoms with E-state index in [2.05, 4.69) is 15.5 Å². The molecule has 0 radical (unpaired) electrons. The lowest BCUT2D eigenvalue weighted by Gasteiger charge is -2.24. The molecule has 0 saturated carbocycles. The predicted molar refractivity (Wildman–Crippen MR) is 129 cm³/mol. The van der Waals surface area contributed by atoms with Crippen molar-refractivity contribution in [2.24, 2.45) is 5.73 Å². The molecule has 0 unspecified atom stereocenters. The molecule has 0 bridgehead atoms. The number of amides is 2. The molecule has 2 aromatic carbocycles. The van der Waals surface area contributed by atoms with Crippen LogP contribution in [0.3, 0.4) is 0 Å². The first-order valence-corrected chi connectivity index (χ1v) is 12.8. The number of nitrogens with zero attached hydrogens (tertiary/aromatic N) is 3. The quantitative estimate of drug-likeness (QED) is 0.505. The fraction of sp³-hybridized carbons (Fsp3) is 0.304. The molecule has 1 aliphatic rings. The second-order valence-corrected chi connectivity index (χ2v) is 11.3. The highest BCUT2D eigenvalue weighted by atomic mass is 35.5. The summed E-state index contributed by atoms with van der Waals surface area (Å²) in [4.78, 5) is 26.2.